The van der Waals surface area contributed by atoms with E-state index in [4.69, 9.17) is 9.47 Å². The van der Waals surface area contributed by atoms with Crippen LogP contribution in [-0.4, -0.2) is 36.5 Å². The maximum absolute atomic E-state index is 11.4. The third kappa shape index (κ3) is 3.62. The number of carbonyl (C=O) groups is 1. The molecule has 7 atom stereocenters. The van der Waals surface area contributed by atoms with E-state index in [1.165, 1.54) is 24.0 Å². The number of hydrogen-bond donors (Lipinski definition) is 1. The van der Waals surface area contributed by atoms with Crippen LogP contribution < -0.4 is 0 Å². The van der Waals surface area contributed by atoms with E-state index < -0.39 is 0 Å². The fourth-order valence-corrected chi connectivity index (χ4v) is 9.32. The molecule has 1 heterocycles. The number of allylic oxidation sites excluding steroid dienone is 5. The molecule has 5 unspecified atom stereocenters. The number of aliphatic hydroxyl groups excluding tert-OH is 1. The standard InChI is InChI=1S/C30H42O4/c1-19-4-3-5-20(11-13-31)16-24(19)25-18-29(2)26(8-9-27(29)32)23-7-6-21-17-30(33-14-15-34-30)12-10-22(21)28(23)25/h11,13,21,23-27,32H,1,3-10,12,14-18H2,2H3/b20-11+/t21?,23?,24?,25?,26?,27-,29-/m0/s1. The molecule has 0 bridgehead atoms. The number of rotatable bonds is 2. The second kappa shape index (κ2) is 8.71. The van der Waals surface area contributed by atoms with Gasteiger partial charge in [-0.2, -0.15) is 0 Å². The lowest BCUT2D eigenvalue weighted by Crippen LogP contribution is -2.49. The van der Waals surface area contributed by atoms with E-state index in [1.54, 1.807) is 11.1 Å². The third-order valence-electron chi connectivity index (χ3n) is 10.9. The zero-order valence-corrected chi connectivity index (χ0v) is 20.9. The highest BCUT2D eigenvalue weighted by Crippen LogP contribution is 2.65. The van der Waals surface area contributed by atoms with E-state index >= 15 is 0 Å². The molecule has 4 nitrogen and oxygen atoms in total. The molecule has 0 aromatic carbocycles. The Morgan fingerprint density at radius 2 is 1.82 bits per heavy atom. The molecule has 1 saturated heterocycles. The van der Waals surface area contributed by atoms with Crippen LogP contribution in [0.15, 0.2) is 34.9 Å². The number of hydrogen-bond acceptors (Lipinski definition) is 4. The average Bonchev–Trinajstić information content (AvgIpc) is 3.34. The van der Waals surface area contributed by atoms with Crippen molar-refractivity contribution >= 4 is 6.29 Å². The van der Waals surface area contributed by atoms with E-state index in [1.807, 2.05) is 6.08 Å². The maximum atomic E-state index is 11.4. The molecule has 5 fully saturated rings. The molecular weight excluding hydrogens is 424 g/mol. The Hall–Kier alpha value is -1.23. The summed E-state index contributed by atoms with van der Waals surface area (Å²) < 4.78 is 12.3. The Bertz CT molecular complexity index is 909. The van der Waals surface area contributed by atoms with E-state index in [-0.39, 0.29) is 17.3 Å². The quantitative estimate of drug-likeness (QED) is 0.238. The first-order valence-electron chi connectivity index (χ1n) is 13.9. The molecule has 4 saturated carbocycles. The first kappa shape index (κ1) is 23.2. The van der Waals surface area contributed by atoms with Gasteiger partial charge in [0.05, 0.1) is 19.3 Å². The molecule has 0 aromatic heterocycles. The monoisotopic (exact) mass is 466 g/mol. The van der Waals surface area contributed by atoms with Crippen LogP contribution in [-0.2, 0) is 14.3 Å². The third-order valence-corrected chi connectivity index (χ3v) is 10.9. The van der Waals surface area contributed by atoms with Gasteiger partial charge in [0.15, 0.2) is 5.79 Å². The zero-order valence-electron chi connectivity index (χ0n) is 20.9. The van der Waals surface area contributed by atoms with Gasteiger partial charge in [-0.1, -0.05) is 35.8 Å². The minimum Gasteiger partial charge on any atom is -0.393 e. The van der Waals surface area contributed by atoms with Gasteiger partial charge in [-0.15, -0.1) is 0 Å². The van der Waals surface area contributed by atoms with E-state index in [0.29, 0.717) is 29.6 Å². The summed E-state index contributed by atoms with van der Waals surface area (Å²) in [5, 5.41) is 11.2. The summed E-state index contributed by atoms with van der Waals surface area (Å²) in [6, 6.07) is 0. The van der Waals surface area contributed by atoms with E-state index in [0.717, 1.165) is 83.7 Å². The van der Waals surface area contributed by atoms with Crippen molar-refractivity contribution in [3.8, 4) is 0 Å². The summed E-state index contributed by atoms with van der Waals surface area (Å²) in [7, 11) is 0. The molecule has 6 rings (SSSR count). The molecule has 1 N–H and O–H groups in total. The molecule has 1 spiro atoms. The van der Waals surface area contributed by atoms with Crippen LogP contribution in [0.2, 0.25) is 0 Å². The van der Waals surface area contributed by atoms with Crippen LogP contribution in [0, 0.1) is 35.0 Å². The van der Waals surface area contributed by atoms with Gasteiger partial charge in [0.25, 0.3) is 0 Å². The van der Waals surface area contributed by atoms with Gasteiger partial charge in [0, 0.05) is 12.8 Å². The second-order valence-electron chi connectivity index (χ2n) is 12.5. The second-order valence-corrected chi connectivity index (χ2v) is 12.5. The number of aldehydes is 1. The smallest absolute Gasteiger partial charge is 0.169 e. The zero-order chi connectivity index (χ0) is 23.5. The highest BCUT2D eigenvalue weighted by atomic mass is 16.7. The molecule has 5 aliphatic carbocycles. The van der Waals surface area contributed by atoms with Gasteiger partial charge in [0.1, 0.15) is 6.29 Å². The largest absolute Gasteiger partial charge is 0.393 e. The van der Waals surface area contributed by atoms with Crippen LogP contribution >= 0.6 is 0 Å². The minimum absolute atomic E-state index is 0.000908. The van der Waals surface area contributed by atoms with Gasteiger partial charge >= 0.3 is 0 Å². The number of aliphatic hydroxyl groups is 1. The summed E-state index contributed by atoms with van der Waals surface area (Å²) in [4.78, 5) is 11.4. The minimum atomic E-state index is -0.338. The summed E-state index contributed by atoms with van der Waals surface area (Å²) in [6.45, 7) is 8.46. The highest BCUT2D eigenvalue weighted by Gasteiger charge is 2.58. The Kier molecular flexibility index (Phi) is 5.94. The van der Waals surface area contributed by atoms with Crippen molar-refractivity contribution in [3.63, 3.8) is 0 Å². The lowest BCUT2D eigenvalue weighted by molar-refractivity contribution is -0.181. The topological polar surface area (TPSA) is 55.8 Å². The molecule has 186 valence electrons. The summed E-state index contributed by atoms with van der Waals surface area (Å²) >= 11 is 0. The first-order chi connectivity index (χ1) is 16.4. The Balaban J connectivity index is 1.42. The van der Waals surface area contributed by atoms with Gasteiger partial charge < -0.3 is 14.6 Å². The van der Waals surface area contributed by atoms with Gasteiger partial charge in [0.2, 0.25) is 0 Å². The van der Waals surface area contributed by atoms with Crippen LogP contribution in [0.1, 0.15) is 84.0 Å². The van der Waals surface area contributed by atoms with Crippen LogP contribution in [0.5, 0.6) is 0 Å². The number of fused-ring (bicyclic) bond motifs is 4. The summed E-state index contributed by atoms with van der Waals surface area (Å²) in [5.74, 6) is 2.26. The lowest BCUT2D eigenvalue weighted by Gasteiger charge is -2.55. The van der Waals surface area contributed by atoms with Crippen LogP contribution in [0.25, 0.3) is 0 Å². The summed E-state index contributed by atoms with van der Waals surface area (Å²) in [6.07, 6.45) is 15.5. The molecule has 1 aliphatic heterocycles. The molecular formula is C30H42O4. The van der Waals surface area contributed by atoms with E-state index in [2.05, 4.69) is 13.5 Å². The van der Waals surface area contributed by atoms with Crippen LogP contribution in [0.4, 0.5) is 0 Å². The van der Waals surface area contributed by atoms with Crippen molar-refractivity contribution < 1.29 is 19.4 Å². The predicted molar refractivity (Wildman–Crippen MR) is 132 cm³/mol. The molecule has 0 radical (unpaired) electrons. The fourth-order valence-electron chi connectivity index (χ4n) is 9.32. The molecule has 0 amide bonds. The highest BCUT2D eigenvalue weighted by molar-refractivity contribution is 5.66. The van der Waals surface area contributed by atoms with Crippen molar-refractivity contribution in [2.45, 2.75) is 95.9 Å². The molecule has 6 aliphatic rings. The fraction of sp³-hybridized carbons (Fsp3) is 0.767. The normalized spacial score (nSPS) is 45.1. The first-order valence-corrected chi connectivity index (χ1v) is 13.9. The molecule has 34 heavy (non-hydrogen) atoms. The Labute approximate surface area is 204 Å². The number of ether oxygens (including phenoxy) is 2. The van der Waals surface area contributed by atoms with Crippen LogP contribution in [0.3, 0.4) is 0 Å². The van der Waals surface area contributed by atoms with Gasteiger partial charge in [-0.05, 0) is 105 Å². The predicted octanol–water partition coefficient (Wildman–Crippen LogP) is 5.91. The van der Waals surface area contributed by atoms with Crippen molar-refractivity contribution in [3.05, 3.63) is 34.9 Å². The van der Waals surface area contributed by atoms with Crippen molar-refractivity contribution in [2.24, 2.45) is 35.0 Å². The lowest BCUT2D eigenvalue weighted by atomic mass is 9.50. The maximum Gasteiger partial charge on any atom is 0.169 e. The summed E-state index contributed by atoms with van der Waals surface area (Å²) in [5.41, 5.74) is 6.13. The van der Waals surface area contributed by atoms with Gasteiger partial charge in [-0.3, -0.25) is 4.79 Å². The average molecular weight is 467 g/mol. The van der Waals surface area contributed by atoms with Crippen molar-refractivity contribution in [1.82, 2.24) is 0 Å². The molecule has 4 heteroatoms. The van der Waals surface area contributed by atoms with E-state index in [9.17, 15) is 9.90 Å². The Morgan fingerprint density at radius 3 is 2.62 bits per heavy atom. The molecule has 0 aromatic rings. The van der Waals surface area contributed by atoms with Crippen molar-refractivity contribution in [2.75, 3.05) is 13.2 Å². The number of carbonyl (C=O) groups excluding carboxylic acids is 1. The van der Waals surface area contributed by atoms with Crippen molar-refractivity contribution in [1.29, 1.82) is 0 Å². The van der Waals surface area contributed by atoms with Gasteiger partial charge in [-0.25, -0.2) is 0 Å². The SMILES string of the molecule is C=C1CCC/C(=C\C=O)CC1C1C[C@@]2(C)C(CC[C@@H]2O)C2CCC3CC4(CCC3=C12)OCCO4. The Morgan fingerprint density at radius 1 is 1.00 bits per heavy atom.